The van der Waals surface area contributed by atoms with Crippen molar-refractivity contribution in [2.75, 3.05) is 24.2 Å². The summed E-state index contributed by atoms with van der Waals surface area (Å²) < 4.78 is 0. The van der Waals surface area contributed by atoms with Crippen molar-refractivity contribution in [3.05, 3.63) is 6.33 Å². The Morgan fingerprint density at radius 2 is 2.31 bits per heavy atom. The Bertz CT molecular complexity index is 484. The summed E-state index contributed by atoms with van der Waals surface area (Å²) in [7, 11) is 0. The fraction of sp³-hybridized carbons (Fsp3) is 0.375. The highest BCUT2D eigenvalue weighted by Gasteiger charge is 2.09. The first-order chi connectivity index (χ1) is 7.70. The predicted molar refractivity (Wildman–Crippen MR) is 57.7 cm³/mol. The molecule has 0 amide bonds. The molecule has 2 aromatic rings. The molecule has 0 fully saturated rings. The van der Waals surface area contributed by atoms with E-state index in [0.717, 1.165) is 0 Å². The maximum atomic E-state index is 9.20. The van der Waals surface area contributed by atoms with Gasteiger partial charge in [-0.25, -0.2) is 4.98 Å². The van der Waals surface area contributed by atoms with Gasteiger partial charge in [0.15, 0.2) is 11.5 Å². The van der Waals surface area contributed by atoms with Gasteiger partial charge in [0.05, 0.1) is 19.0 Å². The molecule has 86 valence electrons. The SMILES string of the molecule is Nc1nc(NCC(O)CO)c2[nH]cnc2n1. The molecule has 6 N–H and O–H groups in total. The van der Waals surface area contributed by atoms with Gasteiger partial charge in [0.1, 0.15) is 5.52 Å². The summed E-state index contributed by atoms with van der Waals surface area (Å²) in [6, 6.07) is 0. The van der Waals surface area contributed by atoms with Crippen molar-refractivity contribution in [1.82, 2.24) is 19.9 Å². The average Bonchev–Trinajstić information content (AvgIpc) is 2.73. The first-order valence-corrected chi connectivity index (χ1v) is 4.70. The number of aliphatic hydroxyl groups is 2. The molecule has 0 spiro atoms. The highest BCUT2D eigenvalue weighted by atomic mass is 16.3. The van der Waals surface area contributed by atoms with Gasteiger partial charge in [-0.2, -0.15) is 9.97 Å². The number of hydrogen-bond donors (Lipinski definition) is 5. The molecule has 0 radical (unpaired) electrons. The topological polar surface area (TPSA) is 133 Å². The summed E-state index contributed by atoms with van der Waals surface area (Å²) in [5.74, 6) is 0.549. The van der Waals surface area contributed by atoms with E-state index < -0.39 is 6.10 Å². The van der Waals surface area contributed by atoms with Crippen LogP contribution in [0.3, 0.4) is 0 Å². The third-order valence-corrected chi connectivity index (χ3v) is 2.02. The Hall–Kier alpha value is -1.93. The van der Waals surface area contributed by atoms with Gasteiger partial charge in [0, 0.05) is 6.54 Å². The van der Waals surface area contributed by atoms with Crippen LogP contribution in [0.5, 0.6) is 0 Å². The lowest BCUT2D eigenvalue weighted by molar-refractivity contribution is 0.105. The second kappa shape index (κ2) is 4.29. The Morgan fingerprint density at radius 1 is 1.50 bits per heavy atom. The molecule has 16 heavy (non-hydrogen) atoms. The number of nitrogen functional groups attached to an aromatic ring is 1. The van der Waals surface area contributed by atoms with Gasteiger partial charge < -0.3 is 26.2 Å². The van der Waals surface area contributed by atoms with Gasteiger partial charge in [-0.05, 0) is 0 Å². The molecule has 1 atom stereocenters. The number of rotatable bonds is 4. The number of fused-ring (bicyclic) bond motifs is 1. The number of aliphatic hydroxyl groups excluding tert-OH is 2. The molecule has 0 saturated heterocycles. The van der Waals surface area contributed by atoms with Crippen LogP contribution >= 0.6 is 0 Å². The second-order valence-corrected chi connectivity index (χ2v) is 3.25. The standard InChI is InChI=1S/C8H12N6O2/c9-8-13-6(10-1-4(16)2-15)5-7(14-8)12-3-11-5/h3-4,15-16H,1-2H2,(H4,9,10,11,12,13,14). The normalized spacial score (nSPS) is 12.9. The molecule has 0 bridgehead atoms. The number of nitrogens with two attached hydrogens (primary N) is 1. The van der Waals surface area contributed by atoms with Gasteiger partial charge in [-0.3, -0.25) is 0 Å². The highest BCUT2D eigenvalue weighted by Crippen LogP contribution is 2.16. The zero-order valence-corrected chi connectivity index (χ0v) is 8.38. The van der Waals surface area contributed by atoms with Crippen LogP contribution in [0.4, 0.5) is 11.8 Å². The average molecular weight is 224 g/mol. The Kier molecular flexibility index (Phi) is 2.84. The minimum absolute atomic E-state index is 0.0978. The van der Waals surface area contributed by atoms with Crippen molar-refractivity contribution >= 4 is 22.9 Å². The first-order valence-electron chi connectivity index (χ1n) is 4.70. The van der Waals surface area contributed by atoms with E-state index >= 15 is 0 Å². The smallest absolute Gasteiger partial charge is 0.224 e. The summed E-state index contributed by atoms with van der Waals surface area (Å²) >= 11 is 0. The summed E-state index contributed by atoms with van der Waals surface area (Å²) in [5, 5.41) is 20.7. The van der Waals surface area contributed by atoms with E-state index in [4.69, 9.17) is 10.8 Å². The third kappa shape index (κ3) is 2.02. The van der Waals surface area contributed by atoms with Gasteiger partial charge in [0.2, 0.25) is 5.95 Å². The largest absolute Gasteiger partial charge is 0.394 e. The molecule has 2 heterocycles. The minimum Gasteiger partial charge on any atom is -0.394 e. The van der Waals surface area contributed by atoms with E-state index in [-0.39, 0.29) is 19.1 Å². The zero-order chi connectivity index (χ0) is 11.5. The van der Waals surface area contributed by atoms with Gasteiger partial charge in [-0.15, -0.1) is 0 Å². The highest BCUT2D eigenvalue weighted by molar-refractivity contribution is 5.83. The van der Waals surface area contributed by atoms with E-state index in [1.54, 1.807) is 0 Å². The zero-order valence-electron chi connectivity index (χ0n) is 8.38. The predicted octanol–water partition coefficient (Wildman–Crippen LogP) is -1.30. The van der Waals surface area contributed by atoms with Crippen LogP contribution in [0.2, 0.25) is 0 Å². The Morgan fingerprint density at radius 3 is 3.06 bits per heavy atom. The minimum atomic E-state index is -0.853. The van der Waals surface area contributed by atoms with Crippen LogP contribution in [0.1, 0.15) is 0 Å². The van der Waals surface area contributed by atoms with Gasteiger partial charge in [0.25, 0.3) is 0 Å². The Labute approximate surface area is 90.6 Å². The number of hydrogen-bond acceptors (Lipinski definition) is 7. The van der Waals surface area contributed by atoms with E-state index in [0.29, 0.717) is 17.0 Å². The van der Waals surface area contributed by atoms with E-state index in [2.05, 4.69) is 25.3 Å². The first kappa shape index (κ1) is 10.6. The molecule has 2 rings (SSSR count). The lowest BCUT2D eigenvalue weighted by atomic mass is 10.3. The molecule has 0 aliphatic heterocycles. The van der Waals surface area contributed by atoms with E-state index in [1.807, 2.05) is 0 Å². The van der Waals surface area contributed by atoms with Crippen molar-refractivity contribution in [2.24, 2.45) is 0 Å². The molecular weight excluding hydrogens is 212 g/mol. The second-order valence-electron chi connectivity index (χ2n) is 3.25. The van der Waals surface area contributed by atoms with Crippen LogP contribution in [-0.2, 0) is 0 Å². The third-order valence-electron chi connectivity index (χ3n) is 2.02. The summed E-state index contributed by atoms with van der Waals surface area (Å²) in [6.45, 7) is -0.152. The quantitative estimate of drug-likeness (QED) is 0.436. The molecule has 0 aliphatic rings. The van der Waals surface area contributed by atoms with Crippen molar-refractivity contribution in [3.63, 3.8) is 0 Å². The maximum Gasteiger partial charge on any atom is 0.224 e. The van der Waals surface area contributed by atoms with E-state index in [1.165, 1.54) is 6.33 Å². The van der Waals surface area contributed by atoms with Crippen LogP contribution in [0, 0.1) is 0 Å². The summed E-state index contributed by atoms with van der Waals surface area (Å²) in [5.41, 5.74) is 6.56. The number of anilines is 2. The van der Waals surface area contributed by atoms with Crippen LogP contribution in [0.15, 0.2) is 6.33 Å². The summed E-state index contributed by atoms with van der Waals surface area (Å²) in [4.78, 5) is 14.7. The molecule has 2 aromatic heterocycles. The van der Waals surface area contributed by atoms with E-state index in [9.17, 15) is 5.11 Å². The van der Waals surface area contributed by atoms with Crippen LogP contribution in [-0.4, -0.2) is 49.4 Å². The van der Waals surface area contributed by atoms with Crippen LogP contribution < -0.4 is 11.1 Å². The molecule has 0 aliphatic carbocycles. The molecular formula is C8H12N6O2. The number of H-pyrrole nitrogens is 1. The molecule has 1 unspecified atom stereocenters. The van der Waals surface area contributed by atoms with Crippen molar-refractivity contribution < 1.29 is 10.2 Å². The number of aromatic nitrogens is 4. The maximum absolute atomic E-state index is 9.20. The molecule has 8 heteroatoms. The van der Waals surface area contributed by atoms with Crippen molar-refractivity contribution in [2.45, 2.75) is 6.10 Å². The van der Waals surface area contributed by atoms with Crippen molar-refractivity contribution in [1.29, 1.82) is 0 Å². The number of nitrogens with one attached hydrogen (secondary N) is 2. The fourth-order valence-electron chi connectivity index (χ4n) is 1.26. The number of nitrogens with zero attached hydrogens (tertiary/aromatic N) is 3. The van der Waals surface area contributed by atoms with Crippen LogP contribution in [0.25, 0.3) is 11.2 Å². The monoisotopic (exact) mass is 224 g/mol. The van der Waals surface area contributed by atoms with Gasteiger partial charge in [-0.1, -0.05) is 0 Å². The molecule has 8 nitrogen and oxygen atoms in total. The lowest BCUT2D eigenvalue weighted by Crippen LogP contribution is -2.23. The molecule has 0 aromatic carbocycles. The Balaban J connectivity index is 2.25. The van der Waals surface area contributed by atoms with Crippen molar-refractivity contribution in [3.8, 4) is 0 Å². The number of aromatic amines is 1. The van der Waals surface area contributed by atoms with Gasteiger partial charge >= 0.3 is 0 Å². The number of imidazole rings is 1. The lowest BCUT2D eigenvalue weighted by Gasteiger charge is -2.09. The molecule has 0 saturated carbocycles. The fourth-order valence-corrected chi connectivity index (χ4v) is 1.26. The summed E-state index contributed by atoms with van der Waals surface area (Å²) in [6.07, 6.45) is 0.626.